The minimum absolute atomic E-state index is 0.0450. The minimum Gasteiger partial charge on any atom is -0.350 e. The summed E-state index contributed by atoms with van der Waals surface area (Å²) in [5, 5.41) is 10.6. The van der Waals surface area contributed by atoms with Gasteiger partial charge in [0.1, 0.15) is 0 Å². The number of carbonyl (C=O) groups is 1. The number of hydrogen-bond acceptors (Lipinski definition) is 3. The van der Waals surface area contributed by atoms with Crippen LogP contribution in [0.2, 0.25) is 0 Å². The summed E-state index contributed by atoms with van der Waals surface area (Å²) in [7, 11) is 0. The third-order valence-electron chi connectivity index (χ3n) is 2.99. The highest BCUT2D eigenvalue weighted by Gasteiger charge is 2.18. The van der Waals surface area contributed by atoms with E-state index in [2.05, 4.69) is 28.7 Å². The Morgan fingerprint density at radius 1 is 1.40 bits per heavy atom. The Hall–Kier alpha value is -1.36. The molecule has 5 nitrogen and oxygen atoms in total. The van der Waals surface area contributed by atoms with Crippen LogP contribution in [0.4, 0.5) is 0 Å². The van der Waals surface area contributed by atoms with Crippen molar-refractivity contribution < 1.29 is 4.79 Å². The minimum atomic E-state index is -0.184. The van der Waals surface area contributed by atoms with Crippen molar-refractivity contribution in [3.8, 4) is 0 Å². The summed E-state index contributed by atoms with van der Waals surface area (Å²) in [6.07, 6.45) is 0.953. The molecule has 1 amide bonds. The van der Waals surface area contributed by atoms with Crippen LogP contribution in [0.25, 0.3) is 0 Å². The molecule has 5 heteroatoms. The van der Waals surface area contributed by atoms with Crippen LogP contribution in [0.1, 0.15) is 45.5 Å². The fourth-order valence-corrected chi connectivity index (χ4v) is 2.02. The first kappa shape index (κ1) is 16.7. The lowest BCUT2D eigenvalue weighted by Crippen LogP contribution is -2.49. The fraction of sp³-hybridized carbons (Fsp3) is 0.733. The van der Waals surface area contributed by atoms with Gasteiger partial charge in [-0.25, -0.2) is 0 Å². The molecule has 0 aromatic carbocycles. The van der Waals surface area contributed by atoms with Gasteiger partial charge in [0, 0.05) is 17.8 Å². The van der Waals surface area contributed by atoms with Crippen molar-refractivity contribution >= 4 is 5.91 Å². The molecule has 1 aromatic rings. The van der Waals surface area contributed by atoms with E-state index < -0.39 is 0 Å². The van der Waals surface area contributed by atoms with Crippen LogP contribution in [-0.2, 0) is 11.3 Å². The molecule has 1 heterocycles. The molecule has 2 N–H and O–H groups in total. The summed E-state index contributed by atoms with van der Waals surface area (Å²) in [4.78, 5) is 11.9. The van der Waals surface area contributed by atoms with Crippen molar-refractivity contribution in [1.29, 1.82) is 0 Å². The summed E-state index contributed by atoms with van der Waals surface area (Å²) in [5.41, 5.74) is 2.05. The van der Waals surface area contributed by atoms with Crippen LogP contribution in [0.5, 0.6) is 0 Å². The Kier molecular flexibility index (Phi) is 5.74. The van der Waals surface area contributed by atoms with Gasteiger partial charge in [-0.1, -0.05) is 0 Å². The highest BCUT2D eigenvalue weighted by atomic mass is 16.2. The van der Waals surface area contributed by atoms with Crippen molar-refractivity contribution in [2.24, 2.45) is 0 Å². The molecule has 0 bridgehead atoms. The highest BCUT2D eigenvalue weighted by molar-refractivity contribution is 5.81. The molecule has 1 rings (SSSR count). The highest BCUT2D eigenvalue weighted by Crippen LogP contribution is 2.02. The van der Waals surface area contributed by atoms with Crippen molar-refractivity contribution in [2.45, 2.75) is 66.1 Å². The number of aromatic nitrogens is 2. The Morgan fingerprint density at radius 3 is 2.55 bits per heavy atom. The summed E-state index contributed by atoms with van der Waals surface area (Å²) >= 11 is 0. The molecule has 0 saturated carbocycles. The number of nitrogens with one attached hydrogen (secondary N) is 2. The number of amides is 1. The number of carbonyl (C=O) groups excluding carboxylic acids is 1. The van der Waals surface area contributed by atoms with Gasteiger partial charge in [0.15, 0.2) is 0 Å². The van der Waals surface area contributed by atoms with E-state index in [-0.39, 0.29) is 17.5 Å². The Bertz CT molecular complexity index is 445. The summed E-state index contributed by atoms with van der Waals surface area (Å²) in [5.74, 6) is 0.0450. The third kappa shape index (κ3) is 5.74. The second-order valence-corrected chi connectivity index (χ2v) is 6.42. The molecule has 1 unspecified atom stereocenters. The zero-order chi connectivity index (χ0) is 15.3. The maximum absolute atomic E-state index is 11.9. The number of aryl methyl sites for hydroxylation is 3. The van der Waals surface area contributed by atoms with Gasteiger partial charge < -0.3 is 10.6 Å². The predicted molar refractivity (Wildman–Crippen MR) is 81.7 cm³/mol. The molecule has 0 spiro atoms. The van der Waals surface area contributed by atoms with Gasteiger partial charge in [0.05, 0.1) is 11.7 Å². The molecule has 20 heavy (non-hydrogen) atoms. The molecule has 114 valence electrons. The van der Waals surface area contributed by atoms with Crippen molar-refractivity contribution in [1.82, 2.24) is 20.4 Å². The fourth-order valence-electron chi connectivity index (χ4n) is 2.02. The van der Waals surface area contributed by atoms with Gasteiger partial charge in [-0.05, 0) is 60.6 Å². The normalized spacial score (nSPS) is 13.3. The second-order valence-electron chi connectivity index (χ2n) is 6.42. The monoisotopic (exact) mass is 280 g/mol. The maximum atomic E-state index is 11.9. The molecule has 0 aliphatic heterocycles. The maximum Gasteiger partial charge on any atom is 0.237 e. The lowest BCUT2D eigenvalue weighted by Gasteiger charge is -2.23. The second kappa shape index (κ2) is 6.88. The largest absolute Gasteiger partial charge is 0.350 e. The molecule has 0 aliphatic carbocycles. The van der Waals surface area contributed by atoms with Gasteiger partial charge >= 0.3 is 0 Å². The molecule has 0 fully saturated rings. The third-order valence-corrected chi connectivity index (χ3v) is 2.99. The summed E-state index contributed by atoms with van der Waals surface area (Å²) in [6.45, 7) is 13.6. The number of rotatable bonds is 6. The van der Waals surface area contributed by atoms with Gasteiger partial charge in [-0.3, -0.25) is 9.48 Å². The predicted octanol–water partition coefficient (Wildman–Crippen LogP) is 1.78. The lowest BCUT2D eigenvalue weighted by molar-refractivity contribution is -0.124. The molecule has 1 atom stereocenters. The van der Waals surface area contributed by atoms with E-state index in [4.69, 9.17) is 0 Å². The Labute approximate surface area is 122 Å². The Morgan fingerprint density at radius 2 is 2.05 bits per heavy atom. The molecule has 0 aliphatic rings. The van der Waals surface area contributed by atoms with Gasteiger partial charge in [-0.15, -0.1) is 0 Å². The quantitative estimate of drug-likeness (QED) is 0.781. The summed E-state index contributed by atoms with van der Waals surface area (Å²) < 4.78 is 2.01. The van der Waals surface area contributed by atoms with E-state index >= 15 is 0 Å². The zero-order valence-electron chi connectivity index (χ0n) is 13.6. The molecular weight excluding hydrogens is 252 g/mol. The van der Waals surface area contributed by atoms with Crippen molar-refractivity contribution in [3.63, 3.8) is 0 Å². The van der Waals surface area contributed by atoms with Crippen LogP contribution in [0.3, 0.4) is 0 Å². The van der Waals surface area contributed by atoms with Gasteiger partial charge in [0.25, 0.3) is 0 Å². The summed E-state index contributed by atoms with van der Waals surface area (Å²) in [6, 6.07) is 1.90. The van der Waals surface area contributed by atoms with Crippen LogP contribution >= 0.6 is 0 Å². The van der Waals surface area contributed by atoms with Gasteiger partial charge in [0.2, 0.25) is 5.91 Å². The average Bonchev–Trinajstić information content (AvgIpc) is 2.60. The van der Waals surface area contributed by atoms with Crippen LogP contribution in [0.15, 0.2) is 6.07 Å². The van der Waals surface area contributed by atoms with E-state index in [1.54, 1.807) is 0 Å². The smallest absolute Gasteiger partial charge is 0.237 e. The van der Waals surface area contributed by atoms with Crippen LogP contribution < -0.4 is 10.6 Å². The molecule has 0 radical (unpaired) electrons. The number of hydrogen-bond donors (Lipinski definition) is 2. The standard InChI is InChI=1S/C15H28N4O/c1-11-10-12(2)19(18-11)9-7-8-16-13(3)14(20)17-15(4,5)6/h10,13,16H,7-9H2,1-6H3,(H,17,20). The number of nitrogens with zero attached hydrogens (tertiary/aromatic N) is 2. The SMILES string of the molecule is Cc1cc(C)n(CCCNC(C)C(=O)NC(C)(C)C)n1. The van der Waals surface area contributed by atoms with Gasteiger partial charge in [-0.2, -0.15) is 5.10 Å². The lowest BCUT2D eigenvalue weighted by atomic mass is 10.1. The molecular formula is C15H28N4O. The topological polar surface area (TPSA) is 59.0 Å². The van der Waals surface area contributed by atoms with Crippen molar-refractivity contribution in [3.05, 3.63) is 17.5 Å². The van der Waals surface area contributed by atoms with Crippen LogP contribution in [0, 0.1) is 13.8 Å². The van der Waals surface area contributed by atoms with E-state index in [0.29, 0.717) is 0 Å². The first-order valence-corrected chi connectivity index (χ1v) is 7.25. The van der Waals surface area contributed by atoms with Crippen LogP contribution in [-0.4, -0.2) is 33.8 Å². The first-order chi connectivity index (χ1) is 9.19. The molecule has 1 aromatic heterocycles. The van der Waals surface area contributed by atoms with E-state index in [1.807, 2.05) is 39.3 Å². The molecule has 0 saturated heterocycles. The first-order valence-electron chi connectivity index (χ1n) is 7.25. The van der Waals surface area contributed by atoms with E-state index in [9.17, 15) is 4.79 Å². The average molecular weight is 280 g/mol. The Balaban J connectivity index is 2.27. The van der Waals surface area contributed by atoms with E-state index in [1.165, 1.54) is 5.69 Å². The van der Waals surface area contributed by atoms with E-state index in [0.717, 1.165) is 25.2 Å². The van der Waals surface area contributed by atoms with Crippen molar-refractivity contribution in [2.75, 3.05) is 6.54 Å². The zero-order valence-corrected chi connectivity index (χ0v) is 13.6.